The number of nitrogens with one attached hydrogen (secondary N) is 1. The molecule has 19 heavy (non-hydrogen) atoms. The first kappa shape index (κ1) is 14.7. The topological polar surface area (TPSA) is 29.1 Å². The van der Waals surface area contributed by atoms with E-state index in [-0.39, 0.29) is 11.8 Å². The molecule has 1 aliphatic carbocycles. The number of carbonyl (C=O) groups is 1. The lowest BCUT2D eigenvalue weighted by Gasteiger charge is -2.26. The summed E-state index contributed by atoms with van der Waals surface area (Å²) in [5, 5.41) is 3.90. The van der Waals surface area contributed by atoms with E-state index in [0.717, 1.165) is 37.3 Å². The summed E-state index contributed by atoms with van der Waals surface area (Å²) < 4.78 is 0. The lowest BCUT2D eigenvalue weighted by Crippen LogP contribution is -2.27. The zero-order valence-electron chi connectivity index (χ0n) is 11.1. The molecule has 1 aromatic carbocycles. The van der Waals surface area contributed by atoms with Gasteiger partial charge in [0.05, 0.1) is 10.0 Å². The standard InChI is InChI=1S/C15H19Cl2NO/c1-2-10-3-5-11(6-4-10)15(19)18-12-7-8-13(16)14(17)9-12/h7-11H,2-6H2,1H3,(H,18,19). The van der Waals surface area contributed by atoms with Gasteiger partial charge in [-0.1, -0.05) is 36.5 Å². The molecule has 1 aromatic rings. The SMILES string of the molecule is CCC1CCC(C(=O)Nc2ccc(Cl)c(Cl)c2)CC1. The van der Waals surface area contributed by atoms with Crippen molar-refractivity contribution in [2.45, 2.75) is 39.0 Å². The van der Waals surface area contributed by atoms with Gasteiger partial charge in [-0.15, -0.1) is 0 Å². The molecule has 104 valence electrons. The van der Waals surface area contributed by atoms with Gasteiger partial charge >= 0.3 is 0 Å². The van der Waals surface area contributed by atoms with Gasteiger partial charge in [-0.2, -0.15) is 0 Å². The van der Waals surface area contributed by atoms with Crippen molar-refractivity contribution in [2.75, 3.05) is 5.32 Å². The number of hydrogen-bond donors (Lipinski definition) is 1. The summed E-state index contributed by atoms with van der Waals surface area (Å²) in [4.78, 5) is 12.2. The van der Waals surface area contributed by atoms with Crippen LogP contribution in [0.3, 0.4) is 0 Å². The summed E-state index contributed by atoms with van der Waals surface area (Å²) in [6.07, 6.45) is 5.53. The van der Waals surface area contributed by atoms with Crippen LogP contribution in [0.25, 0.3) is 0 Å². The monoisotopic (exact) mass is 299 g/mol. The van der Waals surface area contributed by atoms with Crippen molar-refractivity contribution in [1.29, 1.82) is 0 Å². The molecule has 0 heterocycles. The molecule has 4 heteroatoms. The molecule has 2 rings (SSSR count). The van der Waals surface area contributed by atoms with Crippen LogP contribution in [0.2, 0.25) is 10.0 Å². The predicted octanol–water partition coefficient (Wildman–Crippen LogP) is 5.15. The smallest absolute Gasteiger partial charge is 0.227 e. The quantitative estimate of drug-likeness (QED) is 0.822. The van der Waals surface area contributed by atoms with Gasteiger partial charge in [0, 0.05) is 11.6 Å². The normalized spacial score (nSPS) is 23.1. The second-order valence-corrected chi connectivity index (χ2v) is 6.06. The number of carbonyl (C=O) groups excluding carboxylic acids is 1. The van der Waals surface area contributed by atoms with Crippen LogP contribution in [0, 0.1) is 11.8 Å². The first-order valence-corrected chi connectivity index (χ1v) is 7.61. The van der Waals surface area contributed by atoms with Crippen LogP contribution in [0.15, 0.2) is 18.2 Å². The molecule has 1 saturated carbocycles. The third-order valence-corrected chi connectivity index (χ3v) is 4.72. The molecule has 0 radical (unpaired) electrons. The Balaban J connectivity index is 1.92. The average molecular weight is 300 g/mol. The third kappa shape index (κ3) is 3.87. The highest BCUT2D eigenvalue weighted by molar-refractivity contribution is 6.42. The highest BCUT2D eigenvalue weighted by Crippen LogP contribution is 2.32. The van der Waals surface area contributed by atoms with Crippen molar-refractivity contribution in [3.05, 3.63) is 28.2 Å². The largest absolute Gasteiger partial charge is 0.326 e. The summed E-state index contributed by atoms with van der Waals surface area (Å²) in [6, 6.07) is 5.18. The van der Waals surface area contributed by atoms with E-state index in [1.165, 1.54) is 6.42 Å². The van der Waals surface area contributed by atoms with Crippen molar-refractivity contribution in [3.8, 4) is 0 Å². The predicted molar refractivity (Wildman–Crippen MR) is 80.8 cm³/mol. The van der Waals surface area contributed by atoms with Crippen LogP contribution in [-0.2, 0) is 4.79 Å². The Morgan fingerprint density at radius 1 is 1.21 bits per heavy atom. The van der Waals surface area contributed by atoms with Crippen molar-refractivity contribution in [1.82, 2.24) is 0 Å². The highest BCUT2D eigenvalue weighted by atomic mass is 35.5. The summed E-state index contributed by atoms with van der Waals surface area (Å²) in [6.45, 7) is 2.22. The Kier molecular flexibility index (Phi) is 5.12. The molecule has 0 saturated heterocycles. The van der Waals surface area contributed by atoms with Crippen LogP contribution >= 0.6 is 23.2 Å². The Morgan fingerprint density at radius 2 is 1.89 bits per heavy atom. The second kappa shape index (κ2) is 6.62. The van der Waals surface area contributed by atoms with Gasteiger partial charge < -0.3 is 5.32 Å². The molecule has 2 nitrogen and oxygen atoms in total. The van der Waals surface area contributed by atoms with Crippen LogP contribution in [0.4, 0.5) is 5.69 Å². The molecular formula is C15H19Cl2NO. The van der Waals surface area contributed by atoms with E-state index in [1.807, 2.05) is 0 Å². The molecule has 0 spiro atoms. The van der Waals surface area contributed by atoms with E-state index in [2.05, 4.69) is 12.2 Å². The first-order valence-electron chi connectivity index (χ1n) is 6.86. The van der Waals surface area contributed by atoms with E-state index in [0.29, 0.717) is 10.0 Å². The zero-order valence-corrected chi connectivity index (χ0v) is 12.6. The first-order chi connectivity index (χ1) is 9.10. The van der Waals surface area contributed by atoms with E-state index in [1.54, 1.807) is 18.2 Å². The highest BCUT2D eigenvalue weighted by Gasteiger charge is 2.25. The summed E-state index contributed by atoms with van der Waals surface area (Å²) in [5.41, 5.74) is 0.719. The molecule has 1 N–H and O–H groups in total. The number of halogens is 2. The Bertz CT molecular complexity index is 453. The fraction of sp³-hybridized carbons (Fsp3) is 0.533. The van der Waals surface area contributed by atoms with Crippen molar-refractivity contribution in [3.63, 3.8) is 0 Å². The maximum Gasteiger partial charge on any atom is 0.227 e. The number of rotatable bonds is 3. The summed E-state index contributed by atoms with van der Waals surface area (Å²) in [5.74, 6) is 1.04. The van der Waals surface area contributed by atoms with E-state index >= 15 is 0 Å². The van der Waals surface area contributed by atoms with Gasteiger partial charge in [-0.3, -0.25) is 4.79 Å². The lowest BCUT2D eigenvalue weighted by atomic mass is 9.80. The van der Waals surface area contributed by atoms with Gasteiger partial charge in [-0.05, 0) is 49.8 Å². The van der Waals surface area contributed by atoms with Crippen LogP contribution in [0.5, 0.6) is 0 Å². The second-order valence-electron chi connectivity index (χ2n) is 5.24. The number of hydrogen-bond acceptors (Lipinski definition) is 1. The molecule has 1 amide bonds. The summed E-state index contributed by atoms with van der Waals surface area (Å²) >= 11 is 11.8. The Labute approximate surface area is 124 Å². The lowest BCUT2D eigenvalue weighted by molar-refractivity contribution is -0.121. The fourth-order valence-corrected chi connectivity index (χ4v) is 2.95. The molecule has 0 atom stereocenters. The van der Waals surface area contributed by atoms with Gasteiger partial charge in [0.25, 0.3) is 0 Å². The molecule has 0 aliphatic heterocycles. The van der Waals surface area contributed by atoms with Gasteiger partial charge in [0.2, 0.25) is 5.91 Å². The van der Waals surface area contributed by atoms with E-state index < -0.39 is 0 Å². The van der Waals surface area contributed by atoms with Crippen LogP contribution in [-0.4, -0.2) is 5.91 Å². The minimum atomic E-state index is 0.105. The Hall–Kier alpha value is -0.730. The third-order valence-electron chi connectivity index (χ3n) is 3.98. The van der Waals surface area contributed by atoms with E-state index in [9.17, 15) is 4.79 Å². The zero-order chi connectivity index (χ0) is 13.8. The van der Waals surface area contributed by atoms with Crippen molar-refractivity contribution >= 4 is 34.8 Å². The number of amides is 1. The fourth-order valence-electron chi connectivity index (χ4n) is 2.65. The summed E-state index contributed by atoms with van der Waals surface area (Å²) in [7, 11) is 0. The maximum absolute atomic E-state index is 12.2. The van der Waals surface area contributed by atoms with Crippen molar-refractivity contribution < 1.29 is 4.79 Å². The van der Waals surface area contributed by atoms with Gasteiger partial charge in [-0.25, -0.2) is 0 Å². The molecule has 1 fully saturated rings. The minimum absolute atomic E-state index is 0.105. The molecule has 0 bridgehead atoms. The maximum atomic E-state index is 12.2. The van der Waals surface area contributed by atoms with Crippen LogP contribution in [0.1, 0.15) is 39.0 Å². The molecular weight excluding hydrogens is 281 g/mol. The molecule has 0 unspecified atom stereocenters. The molecule has 1 aliphatic rings. The van der Waals surface area contributed by atoms with Crippen molar-refractivity contribution in [2.24, 2.45) is 11.8 Å². The Morgan fingerprint density at radius 3 is 2.47 bits per heavy atom. The number of benzene rings is 1. The van der Waals surface area contributed by atoms with Gasteiger partial charge in [0.15, 0.2) is 0 Å². The average Bonchev–Trinajstić information content (AvgIpc) is 2.43. The number of anilines is 1. The minimum Gasteiger partial charge on any atom is -0.326 e. The van der Waals surface area contributed by atoms with E-state index in [4.69, 9.17) is 23.2 Å². The molecule has 0 aromatic heterocycles. The van der Waals surface area contributed by atoms with Gasteiger partial charge in [0.1, 0.15) is 0 Å². The van der Waals surface area contributed by atoms with Crippen LogP contribution < -0.4 is 5.32 Å².